The molecule has 3 rings (SSSR count). The SMILES string of the molecule is CCCOc1ccc(/C=C/C(=O)N2CCN(c3ncc(Cl)cc3Cl)CC2)cc1OC. The number of benzene rings is 1. The zero-order valence-corrected chi connectivity index (χ0v) is 18.6. The van der Waals surface area contributed by atoms with Gasteiger partial charge in [0.1, 0.15) is 5.82 Å². The Labute approximate surface area is 187 Å². The number of pyridine rings is 1. The molecule has 0 unspecified atom stereocenters. The molecule has 160 valence electrons. The van der Waals surface area contributed by atoms with E-state index >= 15 is 0 Å². The summed E-state index contributed by atoms with van der Waals surface area (Å²) in [6.45, 7) is 5.19. The average Bonchev–Trinajstić information content (AvgIpc) is 2.76. The fourth-order valence-electron chi connectivity index (χ4n) is 3.17. The summed E-state index contributed by atoms with van der Waals surface area (Å²) < 4.78 is 11.1. The Morgan fingerprint density at radius 2 is 1.93 bits per heavy atom. The van der Waals surface area contributed by atoms with Gasteiger partial charge in [0, 0.05) is 38.5 Å². The van der Waals surface area contributed by atoms with Gasteiger partial charge in [-0.1, -0.05) is 36.2 Å². The lowest BCUT2D eigenvalue weighted by molar-refractivity contribution is -0.126. The van der Waals surface area contributed by atoms with Gasteiger partial charge >= 0.3 is 0 Å². The van der Waals surface area contributed by atoms with Gasteiger partial charge in [-0.25, -0.2) is 4.98 Å². The summed E-state index contributed by atoms with van der Waals surface area (Å²) >= 11 is 12.2. The lowest BCUT2D eigenvalue weighted by atomic mass is 10.2. The molecule has 1 saturated heterocycles. The molecule has 1 amide bonds. The topological polar surface area (TPSA) is 54.9 Å². The first kappa shape index (κ1) is 22.2. The fourth-order valence-corrected chi connectivity index (χ4v) is 3.67. The van der Waals surface area contributed by atoms with Crippen LogP contribution in [0.3, 0.4) is 0 Å². The zero-order chi connectivity index (χ0) is 21.5. The number of aromatic nitrogens is 1. The average molecular weight is 450 g/mol. The number of carbonyl (C=O) groups is 1. The maximum absolute atomic E-state index is 12.6. The molecule has 0 radical (unpaired) electrons. The van der Waals surface area contributed by atoms with Crippen LogP contribution in [0, 0.1) is 0 Å². The molecular weight excluding hydrogens is 425 g/mol. The first-order chi connectivity index (χ1) is 14.5. The van der Waals surface area contributed by atoms with Gasteiger partial charge in [0.05, 0.1) is 23.8 Å². The van der Waals surface area contributed by atoms with Crippen molar-refractivity contribution in [2.75, 3.05) is 44.8 Å². The number of carbonyl (C=O) groups excluding carboxylic acids is 1. The Balaban J connectivity index is 1.58. The molecule has 0 bridgehead atoms. The highest BCUT2D eigenvalue weighted by Crippen LogP contribution is 2.29. The van der Waals surface area contributed by atoms with Crippen molar-refractivity contribution in [3.63, 3.8) is 0 Å². The summed E-state index contributed by atoms with van der Waals surface area (Å²) in [5.41, 5.74) is 0.875. The molecule has 2 aromatic rings. The van der Waals surface area contributed by atoms with E-state index < -0.39 is 0 Å². The molecule has 0 saturated carbocycles. The van der Waals surface area contributed by atoms with Crippen molar-refractivity contribution in [3.8, 4) is 11.5 Å². The van der Waals surface area contributed by atoms with Gasteiger partial charge in [0.25, 0.3) is 0 Å². The zero-order valence-electron chi connectivity index (χ0n) is 17.1. The van der Waals surface area contributed by atoms with Crippen LogP contribution in [0.4, 0.5) is 5.82 Å². The standard InChI is InChI=1S/C22H25Cl2N3O3/c1-3-12-30-19-6-4-16(13-20(19)29-2)5-7-21(28)26-8-10-27(11-9-26)22-18(24)14-17(23)15-25-22/h4-7,13-15H,3,8-12H2,1-2H3/b7-5+. The lowest BCUT2D eigenvalue weighted by Crippen LogP contribution is -2.48. The molecule has 1 aliphatic heterocycles. The van der Waals surface area contributed by atoms with Gasteiger partial charge in [-0.2, -0.15) is 0 Å². The molecule has 0 N–H and O–H groups in total. The van der Waals surface area contributed by atoms with Crippen LogP contribution in [0.1, 0.15) is 18.9 Å². The number of rotatable bonds is 7. The van der Waals surface area contributed by atoms with Gasteiger partial charge in [0.15, 0.2) is 11.5 Å². The third-order valence-electron chi connectivity index (χ3n) is 4.75. The molecule has 1 fully saturated rings. The van der Waals surface area contributed by atoms with Gasteiger partial charge in [-0.15, -0.1) is 0 Å². The van der Waals surface area contributed by atoms with Crippen LogP contribution in [0.5, 0.6) is 11.5 Å². The first-order valence-corrected chi connectivity index (χ1v) is 10.6. The minimum absolute atomic E-state index is 0.0323. The van der Waals surface area contributed by atoms with E-state index in [0.29, 0.717) is 60.1 Å². The van der Waals surface area contributed by atoms with E-state index in [9.17, 15) is 4.79 Å². The van der Waals surface area contributed by atoms with E-state index in [2.05, 4.69) is 16.8 Å². The van der Waals surface area contributed by atoms with Gasteiger partial charge in [-0.3, -0.25) is 4.79 Å². The molecular formula is C22H25Cl2N3O3. The molecule has 1 aliphatic rings. The molecule has 1 aromatic heterocycles. The van der Waals surface area contributed by atoms with Crippen LogP contribution in [-0.4, -0.2) is 55.7 Å². The van der Waals surface area contributed by atoms with Crippen molar-refractivity contribution in [2.24, 2.45) is 0 Å². The summed E-state index contributed by atoms with van der Waals surface area (Å²) in [5.74, 6) is 2.02. The van der Waals surface area contributed by atoms with E-state index in [1.807, 2.05) is 23.1 Å². The highest BCUT2D eigenvalue weighted by atomic mass is 35.5. The molecule has 0 spiro atoms. The van der Waals surface area contributed by atoms with Crippen LogP contribution in [0.25, 0.3) is 6.08 Å². The van der Waals surface area contributed by atoms with Crippen molar-refractivity contribution in [1.82, 2.24) is 9.88 Å². The second kappa shape index (κ2) is 10.5. The van der Waals surface area contributed by atoms with E-state index in [-0.39, 0.29) is 5.91 Å². The Morgan fingerprint density at radius 1 is 1.17 bits per heavy atom. The number of piperazine rings is 1. The lowest BCUT2D eigenvalue weighted by Gasteiger charge is -2.35. The third-order valence-corrected chi connectivity index (χ3v) is 5.23. The molecule has 0 atom stereocenters. The Kier molecular flexibility index (Phi) is 7.82. The van der Waals surface area contributed by atoms with E-state index in [0.717, 1.165) is 12.0 Å². The second-order valence-electron chi connectivity index (χ2n) is 6.86. The van der Waals surface area contributed by atoms with Gasteiger partial charge < -0.3 is 19.3 Å². The number of amides is 1. The normalized spacial score (nSPS) is 14.3. The van der Waals surface area contributed by atoms with Crippen molar-refractivity contribution >= 4 is 41.0 Å². The maximum Gasteiger partial charge on any atom is 0.246 e. The monoisotopic (exact) mass is 449 g/mol. The van der Waals surface area contributed by atoms with Crippen molar-refractivity contribution in [1.29, 1.82) is 0 Å². The highest BCUT2D eigenvalue weighted by molar-refractivity contribution is 6.36. The molecule has 2 heterocycles. The van der Waals surface area contributed by atoms with Crippen molar-refractivity contribution in [3.05, 3.63) is 52.1 Å². The number of nitrogens with zero attached hydrogens (tertiary/aromatic N) is 3. The molecule has 30 heavy (non-hydrogen) atoms. The van der Waals surface area contributed by atoms with E-state index in [1.54, 1.807) is 31.5 Å². The predicted molar refractivity (Wildman–Crippen MR) is 121 cm³/mol. The van der Waals surface area contributed by atoms with Crippen LogP contribution < -0.4 is 14.4 Å². The summed E-state index contributed by atoms with van der Waals surface area (Å²) in [5, 5.41) is 1.02. The maximum atomic E-state index is 12.6. The van der Waals surface area contributed by atoms with Crippen LogP contribution >= 0.6 is 23.2 Å². The highest BCUT2D eigenvalue weighted by Gasteiger charge is 2.22. The summed E-state index contributed by atoms with van der Waals surface area (Å²) in [7, 11) is 1.61. The van der Waals surface area contributed by atoms with Crippen molar-refractivity contribution < 1.29 is 14.3 Å². The first-order valence-electron chi connectivity index (χ1n) is 9.85. The van der Waals surface area contributed by atoms with E-state index in [1.165, 1.54) is 0 Å². The number of ether oxygens (including phenoxy) is 2. The molecule has 8 heteroatoms. The fraction of sp³-hybridized carbons (Fsp3) is 0.364. The summed E-state index contributed by atoms with van der Waals surface area (Å²) in [6, 6.07) is 7.31. The smallest absolute Gasteiger partial charge is 0.246 e. The van der Waals surface area contributed by atoms with Crippen LogP contribution in [0.15, 0.2) is 36.5 Å². The Bertz CT molecular complexity index is 912. The number of hydrogen-bond donors (Lipinski definition) is 0. The molecule has 6 nitrogen and oxygen atoms in total. The quantitative estimate of drug-likeness (QED) is 0.580. The number of anilines is 1. The van der Waals surface area contributed by atoms with Crippen LogP contribution in [0.2, 0.25) is 10.0 Å². The third kappa shape index (κ3) is 5.58. The van der Waals surface area contributed by atoms with Crippen LogP contribution in [-0.2, 0) is 4.79 Å². The minimum Gasteiger partial charge on any atom is -0.493 e. The van der Waals surface area contributed by atoms with E-state index in [4.69, 9.17) is 32.7 Å². The Morgan fingerprint density at radius 3 is 2.60 bits per heavy atom. The summed E-state index contributed by atoms with van der Waals surface area (Å²) in [6.07, 6.45) is 5.88. The molecule has 1 aromatic carbocycles. The predicted octanol–water partition coefficient (Wildman–Crippen LogP) is 4.55. The number of methoxy groups -OCH3 is 1. The molecule has 0 aliphatic carbocycles. The number of halogens is 2. The summed E-state index contributed by atoms with van der Waals surface area (Å²) in [4.78, 5) is 20.8. The largest absolute Gasteiger partial charge is 0.493 e. The van der Waals surface area contributed by atoms with Crippen molar-refractivity contribution in [2.45, 2.75) is 13.3 Å². The minimum atomic E-state index is -0.0323. The Hall–Kier alpha value is -2.44. The second-order valence-corrected chi connectivity index (χ2v) is 7.71. The number of hydrogen-bond acceptors (Lipinski definition) is 5. The van der Waals surface area contributed by atoms with Gasteiger partial charge in [-0.05, 0) is 36.3 Å². The van der Waals surface area contributed by atoms with Gasteiger partial charge in [0.2, 0.25) is 5.91 Å².